The summed E-state index contributed by atoms with van der Waals surface area (Å²) in [6.07, 6.45) is -2.90. The summed E-state index contributed by atoms with van der Waals surface area (Å²) < 4.78 is 39.9. The third kappa shape index (κ3) is 3.01. The molecule has 1 heterocycles. The molecule has 0 saturated carbocycles. The molecule has 1 aromatic carbocycles. The van der Waals surface area contributed by atoms with Crippen molar-refractivity contribution >= 4 is 15.9 Å². The van der Waals surface area contributed by atoms with Gasteiger partial charge < -0.3 is 5.73 Å². The van der Waals surface area contributed by atoms with E-state index in [0.29, 0.717) is 10.2 Å². The fraction of sp³-hybridized carbons (Fsp3) is 0.333. The highest BCUT2D eigenvalue weighted by Crippen LogP contribution is 2.33. The molecule has 0 fully saturated rings. The molecule has 0 bridgehead atoms. The van der Waals surface area contributed by atoms with Crippen molar-refractivity contribution in [2.24, 2.45) is 5.73 Å². The van der Waals surface area contributed by atoms with Crippen molar-refractivity contribution in [1.82, 2.24) is 15.0 Å². The molecule has 1 aromatic heterocycles. The van der Waals surface area contributed by atoms with Gasteiger partial charge >= 0.3 is 6.18 Å². The molecule has 4 nitrogen and oxygen atoms in total. The van der Waals surface area contributed by atoms with Gasteiger partial charge in [-0.15, -0.1) is 5.10 Å². The number of alkyl halides is 3. The van der Waals surface area contributed by atoms with Crippen LogP contribution in [0.3, 0.4) is 0 Å². The number of rotatable bonds is 2. The van der Waals surface area contributed by atoms with Crippen molar-refractivity contribution in [2.45, 2.75) is 25.6 Å². The summed E-state index contributed by atoms with van der Waals surface area (Å²) in [5.41, 5.74) is 5.15. The minimum Gasteiger partial charge on any atom is -0.320 e. The first-order valence-electron chi connectivity index (χ1n) is 5.68. The molecule has 108 valence electrons. The summed E-state index contributed by atoms with van der Waals surface area (Å²) in [7, 11) is 0. The molecule has 8 heteroatoms. The monoisotopic (exact) mass is 348 g/mol. The van der Waals surface area contributed by atoms with Gasteiger partial charge in [0.1, 0.15) is 5.69 Å². The highest BCUT2D eigenvalue weighted by Gasteiger charge is 2.31. The standard InChI is InChI=1S/C12H12BrF3N4/c1-11(2,17)10-6-20(19-18-10)9-5-7(12(14,15)16)3-4-8(9)13/h3-6H,17H2,1-2H3. The van der Waals surface area contributed by atoms with E-state index in [0.717, 1.165) is 12.1 Å². The first-order chi connectivity index (χ1) is 9.09. The topological polar surface area (TPSA) is 56.7 Å². The van der Waals surface area contributed by atoms with Gasteiger partial charge in [-0.2, -0.15) is 13.2 Å². The lowest BCUT2D eigenvalue weighted by Crippen LogP contribution is -2.29. The molecule has 2 aromatic rings. The molecule has 2 rings (SSSR count). The van der Waals surface area contributed by atoms with E-state index >= 15 is 0 Å². The first kappa shape index (κ1) is 15.0. The molecule has 0 spiro atoms. The van der Waals surface area contributed by atoms with Crippen molar-refractivity contribution in [3.05, 3.63) is 40.1 Å². The van der Waals surface area contributed by atoms with Crippen LogP contribution >= 0.6 is 15.9 Å². The van der Waals surface area contributed by atoms with Crippen LogP contribution in [0.2, 0.25) is 0 Å². The molecule has 0 amide bonds. The smallest absolute Gasteiger partial charge is 0.320 e. The second-order valence-corrected chi connectivity index (χ2v) is 5.79. The molecule has 0 radical (unpaired) electrons. The van der Waals surface area contributed by atoms with Crippen LogP contribution in [-0.4, -0.2) is 15.0 Å². The van der Waals surface area contributed by atoms with Crippen molar-refractivity contribution in [3.63, 3.8) is 0 Å². The minimum atomic E-state index is -4.41. The van der Waals surface area contributed by atoms with Crippen LogP contribution in [0.4, 0.5) is 13.2 Å². The van der Waals surface area contributed by atoms with Gasteiger partial charge in [0, 0.05) is 4.47 Å². The Morgan fingerprint density at radius 2 is 1.90 bits per heavy atom. The zero-order chi connectivity index (χ0) is 15.1. The molecule has 0 aliphatic rings. The number of hydrogen-bond donors (Lipinski definition) is 1. The van der Waals surface area contributed by atoms with Crippen molar-refractivity contribution in [3.8, 4) is 5.69 Å². The highest BCUT2D eigenvalue weighted by atomic mass is 79.9. The van der Waals surface area contributed by atoms with Crippen molar-refractivity contribution in [1.29, 1.82) is 0 Å². The maximum absolute atomic E-state index is 12.7. The van der Waals surface area contributed by atoms with E-state index in [9.17, 15) is 13.2 Å². The van der Waals surface area contributed by atoms with E-state index in [2.05, 4.69) is 26.2 Å². The molecule has 0 aliphatic heterocycles. The van der Waals surface area contributed by atoms with Crippen molar-refractivity contribution < 1.29 is 13.2 Å². The number of aromatic nitrogens is 3. The van der Waals surface area contributed by atoms with E-state index in [1.807, 2.05) is 0 Å². The Labute approximate surface area is 121 Å². The second-order valence-electron chi connectivity index (χ2n) is 4.93. The van der Waals surface area contributed by atoms with E-state index in [-0.39, 0.29) is 5.69 Å². The normalized spacial score (nSPS) is 12.8. The fourth-order valence-corrected chi connectivity index (χ4v) is 1.97. The van der Waals surface area contributed by atoms with E-state index in [1.165, 1.54) is 16.9 Å². The Morgan fingerprint density at radius 3 is 2.40 bits per heavy atom. The third-order valence-corrected chi connectivity index (χ3v) is 3.34. The van der Waals surface area contributed by atoms with Crippen molar-refractivity contribution in [2.75, 3.05) is 0 Å². The molecule has 2 N–H and O–H groups in total. The number of benzene rings is 1. The lowest BCUT2D eigenvalue weighted by Gasteiger charge is -2.13. The Kier molecular flexibility index (Phi) is 3.64. The molecule has 0 saturated heterocycles. The summed E-state index contributed by atoms with van der Waals surface area (Å²) in [5, 5.41) is 7.71. The zero-order valence-corrected chi connectivity index (χ0v) is 12.3. The maximum atomic E-state index is 12.7. The summed E-state index contributed by atoms with van der Waals surface area (Å²) in [4.78, 5) is 0. The average Bonchev–Trinajstić information content (AvgIpc) is 2.76. The summed E-state index contributed by atoms with van der Waals surface area (Å²) in [6, 6.07) is 3.33. The quantitative estimate of drug-likeness (QED) is 0.906. The van der Waals surface area contributed by atoms with Gasteiger partial charge in [0.25, 0.3) is 0 Å². The number of nitrogens with two attached hydrogens (primary N) is 1. The van der Waals surface area contributed by atoms with Gasteiger partial charge in [-0.3, -0.25) is 0 Å². The number of halogens is 4. The van der Waals surface area contributed by atoms with Gasteiger partial charge in [-0.25, -0.2) is 4.68 Å². The first-order valence-corrected chi connectivity index (χ1v) is 6.47. The molecule has 20 heavy (non-hydrogen) atoms. The Morgan fingerprint density at radius 1 is 1.25 bits per heavy atom. The molecule has 0 unspecified atom stereocenters. The summed E-state index contributed by atoms with van der Waals surface area (Å²) in [5.74, 6) is 0. The van der Waals surface area contributed by atoms with Gasteiger partial charge in [0.15, 0.2) is 0 Å². The Bertz CT molecular complexity index is 628. The van der Waals surface area contributed by atoms with Gasteiger partial charge in [-0.1, -0.05) is 5.21 Å². The Balaban J connectivity index is 2.50. The molecule has 0 aliphatic carbocycles. The lowest BCUT2D eigenvalue weighted by atomic mass is 10.0. The van der Waals surface area contributed by atoms with E-state index in [4.69, 9.17) is 5.73 Å². The van der Waals surface area contributed by atoms with Crippen LogP contribution in [0.25, 0.3) is 5.69 Å². The van der Waals surface area contributed by atoms with Crippen LogP contribution in [0.5, 0.6) is 0 Å². The van der Waals surface area contributed by atoms with Gasteiger partial charge in [0.2, 0.25) is 0 Å². The van der Waals surface area contributed by atoms with Crippen LogP contribution < -0.4 is 5.73 Å². The van der Waals surface area contributed by atoms with Crippen LogP contribution in [0, 0.1) is 0 Å². The van der Waals surface area contributed by atoms with Crippen LogP contribution in [0.15, 0.2) is 28.9 Å². The van der Waals surface area contributed by atoms with Crippen LogP contribution in [0.1, 0.15) is 25.1 Å². The SMILES string of the molecule is CC(C)(N)c1cn(-c2cc(C(F)(F)F)ccc2Br)nn1. The second kappa shape index (κ2) is 4.85. The van der Waals surface area contributed by atoms with Crippen LogP contribution in [-0.2, 0) is 11.7 Å². The lowest BCUT2D eigenvalue weighted by molar-refractivity contribution is -0.137. The highest BCUT2D eigenvalue weighted by molar-refractivity contribution is 9.10. The van der Waals surface area contributed by atoms with E-state index < -0.39 is 17.3 Å². The summed E-state index contributed by atoms with van der Waals surface area (Å²) in [6.45, 7) is 3.48. The van der Waals surface area contributed by atoms with E-state index in [1.54, 1.807) is 13.8 Å². The minimum absolute atomic E-state index is 0.253. The fourth-order valence-electron chi connectivity index (χ4n) is 1.54. The largest absolute Gasteiger partial charge is 0.416 e. The molecular weight excluding hydrogens is 337 g/mol. The summed E-state index contributed by atoms with van der Waals surface area (Å²) >= 11 is 3.21. The number of hydrogen-bond acceptors (Lipinski definition) is 3. The number of nitrogens with zero attached hydrogens (tertiary/aromatic N) is 3. The Hall–Kier alpha value is -1.41. The van der Waals surface area contributed by atoms with Gasteiger partial charge in [-0.05, 0) is 48.0 Å². The third-order valence-electron chi connectivity index (χ3n) is 2.67. The maximum Gasteiger partial charge on any atom is 0.416 e. The zero-order valence-electron chi connectivity index (χ0n) is 10.7. The predicted molar refractivity (Wildman–Crippen MR) is 71.3 cm³/mol. The predicted octanol–water partition coefficient (Wildman–Crippen LogP) is 3.24. The molecular formula is C12H12BrF3N4. The van der Waals surface area contributed by atoms with Gasteiger partial charge in [0.05, 0.1) is 23.0 Å². The molecule has 0 atom stereocenters. The average molecular weight is 349 g/mol.